The molecule has 2 aliphatic heterocycles. The lowest BCUT2D eigenvalue weighted by Crippen LogP contribution is -2.73. The normalized spacial score (nSPS) is 19.1. The molecule has 1 saturated carbocycles. The maximum Gasteiger partial charge on any atom is 0.410 e. The second kappa shape index (κ2) is 9.84. The smallest absolute Gasteiger partial charge is 0.410 e. The molecule has 1 spiro atoms. The number of nitrogens with one attached hydrogen (secondary N) is 1. The molecule has 3 heterocycles. The van der Waals surface area contributed by atoms with E-state index in [4.69, 9.17) is 16.3 Å². The van der Waals surface area contributed by atoms with Crippen molar-refractivity contribution in [2.45, 2.75) is 63.0 Å². The van der Waals surface area contributed by atoms with Gasteiger partial charge in [-0.15, -0.1) is 0 Å². The van der Waals surface area contributed by atoms with E-state index >= 15 is 0 Å². The summed E-state index contributed by atoms with van der Waals surface area (Å²) < 4.78 is 36.2. The van der Waals surface area contributed by atoms with Gasteiger partial charge in [0.2, 0.25) is 5.82 Å². The Morgan fingerprint density at radius 1 is 1.15 bits per heavy atom. The summed E-state index contributed by atoms with van der Waals surface area (Å²) >= 11 is 9.16. The summed E-state index contributed by atoms with van der Waals surface area (Å²) in [5, 5.41) is 10.1. The topological polar surface area (TPSA) is 134 Å². The highest BCUT2D eigenvalue weighted by atomic mass is 79.9. The fraction of sp³-hybridized carbons (Fsp3) is 0.560. The number of nitrogens with zero attached hydrogens (tertiary/aromatic N) is 4. The van der Waals surface area contributed by atoms with E-state index in [-0.39, 0.29) is 40.1 Å². The summed E-state index contributed by atoms with van der Waals surface area (Å²) in [7, 11) is -4.26. The first-order valence-corrected chi connectivity index (χ1v) is 15.4. The van der Waals surface area contributed by atoms with E-state index in [1.807, 2.05) is 20.8 Å². The molecule has 3 aliphatic rings. The lowest BCUT2D eigenvalue weighted by atomic mass is 9.73. The zero-order chi connectivity index (χ0) is 28.3. The van der Waals surface area contributed by atoms with Crippen LogP contribution in [0.15, 0.2) is 27.7 Å². The van der Waals surface area contributed by atoms with Crippen LogP contribution in [0.2, 0.25) is 5.02 Å². The summed E-state index contributed by atoms with van der Waals surface area (Å²) in [5.41, 5.74) is -0.723. The van der Waals surface area contributed by atoms with Crippen LogP contribution in [0.4, 0.5) is 10.6 Å². The Kier molecular flexibility index (Phi) is 7.08. The first-order valence-electron chi connectivity index (χ1n) is 12.7. The molecule has 2 saturated heterocycles. The van der Waals surface area contributed by atoms with Gasteiger partial charge in [0, 0.05) is 48.3 Å². The van der Waals surface area contributed by atoms with Crippen molar-refractivity contribution in [3.8, 4) is 5.75 Å². The number of halogens is 2. The largest absolute Gasteiger partial charge is 0.505 e. The number of hydrogen-bond acceptors (Lipinski definition) is 7. The molecule has 14 heteroatoms. The summed E-state index contributed by atoms with van der Waals surface area (Å²) in [5.74, 6) is -0.724. The zero-order valence-corrected chi connectivity index (χ0v) is 25.1. The highest BCUT2D eigenvalue weighted by Crippen LogP contribution is 2.42. The monoisotopic (exact) mass is 643 g/mol. The van der Waals surface area contributed by atoms with Gasteiger partial charge in [-0.1, -0.05) is 40.4 Å². The van der Waals surface area contributed by atoms with Crippen LogP contribution in [0.5, 0.6) is 5.75 Å². The lowest BCUT2D eigenvalue weighted by molar-refractivity contribution is -0.0984. The van der Waals surface area contributed by atoms with E-state index in [0.717, 1.165) is 25.7 Å². The van der Waals surface area contributed by atoms with Crippen LogP contribution in [0.3, 0.4) is 0 Å². The van der Waals surface area contributed by atoms with Gasteiger partial charge < -0.3 is 24.2 Å². The van der Waals surface area contributed by atoms with Gasteiger partial charge in [0.1, 0.15) is 10.5 Å². The third-order valence-electron chi connectivity index (χ3n) is 7.21. The minimum atomic E-state index is -4.26. The van der Waals surface area contributed by atoms with Gasteiger partial charge in [-0.3, -0.25) is 9.52 Å². The van der Waals surface area contributed by atoms with Crippen LogP contribution in [-0.2, 0) is 14.8 Å². The van der Waals surface area contributed by atoms with Gasteiger partial charge >= 0.3 is 6.09 Å². The number of amides is 2. The fourth-order valence-corrected chi connectivity index (χ4v) is 7.62. The van der Waals surface area contributed by atoms with Gasteiger partial charge in [0.25, 0.3) is 15.9 Å². The number of phenolic OH excluding ortho intramolecular Hbond substituents is 1. The second-order valence-electron chi connectivity index (χ2n) is 11.6. The Balaban J connectivity index is 1.32. The number of phenols is 1. The van der Waals surface area contributed by atoms with Gasteiger partial charge in [-0.05, 0) is 45.7 Å². The van der Waals surface area contributed by atoms with Crippen molar-refractivity contribution >= 4 is 55.4 Å². The van der Waals surface area contributed by atoms with Gasteiger partial charge in [0.15, 0.2) is 11.6 Å². The van der Waals surface area contributed by atoms with Crippen LogP contribution >= 0.6 is 27.5 Å². The molecule has 39 heavy (non-hydrogen) atoms. The van der Waals surface area contributed by atoms with Crippen molar-refractivity contribution in [1.82, 2.24) is 19.4 Å². The minimum absolute atomic E-state index is 0.0178. The van der Waals surface area contributed by atoms with Gasteiger partial charge in [0.05, 0.1) is 5.02 Å². The van der Waals surface area contributed by atoms with E-state index in [0.29, 0.717) is 30.7 Å². The van der Waals surface area contributed by atoms with Crippen molar-refractivity contribution in [3.05, 3.63) is 33.6 Å². The molecule has 3 fully saturated rings. The number of rotatable bonds is 5. The molecule has 212 valence electrons. The highest BCUT2D eigenvalue weighted by molar-refractivity contribution is 9.10. The Morgan fingerprint density at radius 2 is 1.77 bits per heavy atom. The molecule has 2 amide bonds. The molecule has 0 atom stereocenters. The third kappa shape index (κ3) is 5.58. The molecule has 1 aromatic heterocycles. The molecule has 2 N–H and O–H groups in total. The maximum absolute atomic E-state index is 13.5. The predicted octanol–water partition coefficient (Wildman–Crippen LogP) is 4.61. The van der Waals surface area contributed by atoms with E-state index in [1.54, 1.807) is 20.6 Å². The maximum atomic E-state index is 13.5. The van der Waals surface area contributed by atoms with Crippen LogP contribution in [0.1, 0.15) is 63.1 Å². The van der Waals surface area contributed by atoms with E-state index in [1.165, 1.54) is 12.1 Å². The molecular weight excluding hydrogens is 614 g/mol. The van der Waals surface area contributed by atoms with E-state index in [2.05, 4.69) is 25.6 Å². The number of sulfonamides is 1. The summed E-state index contributed by atoms with van der Waals surface area (Å²) in [6.45, 7) is 7.46. The quantitative estimate of drug-likeness (QED) is 0.486. The Morgan fingerprint density at radius 3 is 2.38 bits per heavy atom. The summed E-state index contributed by atoms with van der Waals surface area (Å²) in [4.78, 5) is 33.1. The van der Waals surface area contributed by atoms with Crippen LogP contribution < -0.4 is 4.72 Å². The number of hydrogen-bond donors (Lipinski definition) is 2. The Bertz CT molecular complexity index is 1420. The molecular formula is C25H31BrClN5O6S. The number of likely N-dealkylation sites (tertiary alicyclic amines) is 2. The first kappa shape index (κ1) is 28.0. The summed E-state index contributed by atoms with van der Waals surface area (Å²) in [6.07, 6.45) is 4.93. The number of benzene rings is 1. The van der Waals surface area contributed by atoms with E-state index in [9.17, 15) is 23.1 Å². The van der Waals surface area contributed by atoms with Crippen molar-refractivity contribution in [1.29, 1.82) is 0 Å². The Hall–Kier alpha value is -2.51. The second-order valence-corrected chi connectivity index (χ2v) is 14.6. The predicted molar refractivity (Wildman–Crippen MR) is 148 cm³/mol. The van der Waals surface area contributed by atoms with Gasteiger partial charge in [-0.25, -0.2) is 18.2 Å². The van der Waals surface area contributed by atoms with Crippen molar-refractivity contribution in [3.63, 3.8) is 0 Å². The molecule has 1 aromatic carbocycles. The molecule has 2 aromatic rings. The zero-order valence-electron chi connectivity index (χ0n) is 21.9. The van der Waals surface area contributed by atoms with Gasteiger partial charge in [-0.2, -0.15) is 0 Å². The van der Waals surface area contributed by atoms with Crippen molar-refractivity contribution in [2.24, 2.45) is 5.41 Å². The standard InChI is InChI=1S/C25H31BrClN5O6S/c1-24(2,3)38-23(35)31-13-25(14-31)11-30(12-25)22(34)21-28-19(10-32(21)16-6-4-5-7-16)29-39(36,37)18-9-15(26)8-17(27)20(18)33/h8-10,16,29,33H,4-7,11-14H2,1-3H3. The minimum Gasteiger partial charge on any atom is -0.505 e. The number of aromatic nitrogens is 2. The SMILES string of the molecule is CC(C)(C)OC(=O)N1CC2(C1)CN(C(=O)c1nc(NS(=O)(=O)c3cc(Br)cc(Cl)c3O)cn1C1CCCC1)C2. The van der Waals surface area contributed by atoms with Crippen LogP contribution in [-0.4, -0.2) is 76.7 Å². The van der Waals surface area contributed by atoms with Crippen molar-refractivity contribution in [2.75, 3.05) is 30.9 Å². The summed E-state index contributed by atoms with van der Waals surface area (Å²) in [6, 6.07) is 2.66. The molecule has 0 radical (unpaired) electrons. The molecule has 0 bridgehead atoms. The fourth-order valence-electron chi connectivity index (χ4n) is 5.47. The number of imidazole rings is 1. The average molecular weight is 645 g/mol. The molecule has 11 nitrogen and oxygen atoms in total. The average Bonchev–Trinajstić information content (AvgIpc) is 3.42. The van der Waals surface area contributed by atoms with E-state index < -0.39 is 26.3 Å². The van der Waals surface area contributed by atoms with Crippen molar-refractivity contribution < 1.29 is 27.9 Å². The molecule has 0 unspecified atom stereocenters. The number of ether oxygens (including phenoxy) is 1. The third-order valence-corrected chi connectivity index (χ3v) is 9.32. The first-order chi connectivity index (χ1) is 18.2. The van der Waals surface area contributed by atoms with Crippen LogP contribution in [0, 0.1) is 5.41 Å². The van der Waals surface area contributed by atoms with Crippen LogP contribution in [0.25, 0.3) is 0 Å². The molecule has 1 aliphatic carbocycles. The molecule has 5 rings (SSSR count). The number of anilines is 1. The number of aromatic hydroxyl groups is 1. The lowest BCUT2D eigenvalue weighted by Gasteiger charge is -2.59. The number of carbonyl (C=O) groups excluding carboxylic acids is 2. The number of carbonyl (C=O) groups is 2. The Labute approximate surface area is 240 Å². The highest BCUT2D eigenvalue weighted by Gasteiger charge is 2.55.